The highest BCUT2D eigenvalue weighted by Gasteiger charge is 2.06. The Morgan fingerprint density at radius 1 is 1.41 bits per heavy atom. The van der Waals surface area contributed by atoms with Crippen LogP contribution in [0.5, 0.6) is 5.75 Å². The second-order valence-corrected chi connectivity index (χ2v) is 4.42. The van der Waals surface area contributed by atoms with Gasteiger partial charge < -0.3 is 15.2 Å². The van der Waals surface area contributed by atoms with Crippen LogP contribution >= 0.6 is 0 Å². The van der Waals surface area contributed by atoms with Crippen LogP contribution in [0.3, 0.4) is 0 Å². The summed E-state index contributed by atoms with van der Waals surface area (Å²) >= 11 is 0. The Hall–Kier alpha value is -1.06. The number of ether oxygens (including phenoxy) is 1. The van der Waals surface area contributed by atoms with Gasteiger partial charge in [-0.2, -0.15) is 0 Å². The second kappa shape index (κ2) is 7.30. The summed E-state index contributed by atoms with van der Waals surface area (Å²) < 4.78 is 5.50. The Balaban J connectivity index is 2.33. The van der Waals surface area contributed by atoms with Gasteiger partial charge in [0.1, 0.15) is 18.5 Å². The summed E-state index contributed by atoms with van der Waals surface area (Å²) in [4.78, 5) is 0. The fourth-order valence-electron chi connectivity index (χ4n) is 1.40. The van der Waals surface area contributed by atoms with Crippen molar-refractivity contribution in [3.63, 3.8) is 0 Å². The molecule has 0 aliphatic rings. The van der Waals surface area contributed by atoms with Crippen molar-refractivity contribution >= 4 is 0 Å². The van der Waals surface area contributed by atoms with Gasteiger partial charge in [-0.1, -0.05) is 32.9 Å². The summed E-state index contributed by atoms with van der Waals surface area (Å²) in [5.41, 5.74) is 1.12. The minimum atomic E-state index is -0.490. The van der Waals surface area contributed by atoms with Gasteiger partial charge in [0.15, 0.2) is 0 Å². The molecule has 0 saturated heterocycles. The predicted molar refractivity (Wildman–Crippen MR) is 69.3 cm³/mol. The summed E-state index contributed by atoms with van der Waals surface area (Å²) in [5, 5.41) is 12.8. The lowest BCUT2D eigenvalue weighted by Crippen LogP contribution is -2.35. The van der Waals surface area contributed by atoms with Crippen LogP contribution in [-0.2, 0) is 6.42 Å². The van der Waals surface area contributed by atoms with Crippen molar-refractivity contribution < 1.29 is 9.84 Å². The topological polar surface area (TPSA) is 41.5 Å². The van der Waals surface area contributed by atoms with Crippen molar-refractivity contribution in [1.82, 2.24) is 5.32 Å². The number of aliphatic hydroxyl groups excluding tert-OH is 1. The maximum atomic E-state index is 9.68. The molecule has 1 radical (unpaired) electrons. The molecule has 0 heterocycles. The number of nitrogens with one attached hydrogen (secondary N) is 1. The average molecular weight is 236 g/mol. The van der Waals surface area contributed by atoms with E-state index in [-0.39, 0.29) is 0 Å². The molecule has 0 amide bonds. The fourth-order valence-corrected chi connectivity index (χ4v) is 1.40. The third-order valence-electron chi connectivity index (χ3n) is 2.40. The first-order chi connectivity index (χ1) is 8.11. The maximum Gasteiger partial charge on any atom is 0.127 e. The first kappa shape index (κ1) is 14.0. The highest BCUT2D eigenvalue weighted by atomic mass is 16.5. The first-order valence-electron chi connectivity index (χ1n) is 6.17. The number of benzene rings is 1. The lowest BCUT2D eigenvalue weighted by molar-refractivity contribution is 0.104. The predicted octanol–water partition coefficient (Wildman–Crippen LogP) is 1.79. The van der Waals surface area contributed by atoms with Crippen LogP contribution in [0.15, 0.2) is 18.2 Å². The van der Waals surface area contributed by atoms with Crippen LogP contribution < -0.4 is 10.1 Å². The van der Waals surface area contributed by atoms with E-state index in [0.29, 0.717) is 24.9 Å². The molecular weight excluding hydrogens is 214 g/mol. The largest absolute Gasteiger partial charge is 0.490 e. The normalized spacial score (nSPS) is 12.8. The number of rotatable bonds is 7. The molecule has 1 atom stereocenters. The monoisotopic (exact) mass is 236 g/mol. The molecule has 0 aliphatic heterocycles. The summed E-state index contributed by atoms with van der Waals surface area (Å²) in [5.74, 6) is 0.702. The molecule has 1 aromatic rings. The summed E-state index contributed by atoms with van der Waals surface area (Å²) in [6.45, 7) is 7.02. The summed E-state index contributed by atoms with van der Waals surface area (Å²) in [6.07, 6.45) is 0.449. The number of aliphatic hydroxyl groups is 1. The molecule has 3 heteroatoms. The molecule has 0 saturated carbocycles. The van der Waals surface area contributed by atoms with Crippen molar-refractivity contribution in [2.45, 2.75) is 39.3 Å². The van der Waals surface area contributed by atoms with E-state index in [9.17, 15) is 5.11 Å². The third-order valence-corrected chi connectivity index (χ3v) is 2.40. The van der Waals surface area contributed by atoms with Crippen molar-refractivity contribution in [2.24, 2.45) is 0 Å². The zero-order valence-corrected chi connectivity index (χ0v) is 10.9. The Kier molecular flexibility index (Phi) is 6.01. The van der Waals surface area contributed by atoms with E-state index in [1.54, 1.807) is 0 Å². The van der Waals surface area contributed by atoms with Crippen LogP contribution in [0.1, 0.15) is 26.3 Å². The van der Waals surface area contributed by atoms with E-state index in [4.69, 9.17) is 4.74 Å². The van der Waals surface area contributed by atoms with Gasteiger partial charge in [0.05, 0.1) is 0 Å². The molecule has 0 bridgehead atoms. The maximum absolute atomic E-state index is 9.68. The van der Waals surface area contributed by atoms with Crippen LogP contribution in [-0.4, -0.2) is 30.4 Å². The Morgan fingerprint density at radius 2 is 2.18 bits per heavy atom. The first-order valence-corrected chi connectivity index (χ1v) is 6.17. The van der Waals surface area contributed by atoms with Crippen LogP contribution in [0, 0.1) is 6.07 Å². The van der Waals surface area contributed by atoms with Gasteiger partial charge in [0.25, 0.3) is 0 Å². The van der Waals surface area contributed by atoms with Gasteiger partial charge in [-0.15, -0.1) is 0 Å². The van der Waals surface area contributed by atoms with Gasteiger partial charge in [0, 0.05) is 18.7 Å². The van der Waals surface area contributed by atoms with Crippen LogP contribution in [0.4, 0.5) is 0 Å². The summed E-state index contributed by atoms with van der Waals surface area (Å²) in [6, 6.07) is 9.36. The van der Waals surface area contributed by atoms with E-state index in [1.165, 1.54) is 0 Å². The standard InChI is InChI=1S/C14H22NO2/c1-4-12-6-5-7-14(8-12)17-10-13(16)9-15-11(2)3/h5-7,11,13,15-16H,4,9-10H2,1-3H3. The lowest BCUT2D eigenvalue weighted by atomic mass is 10.2. The molecule has 0 aliphatic carbocycles. The van der Waals surface area contributed by atoms with Crippen molar-refractivity contribution in [3.8, 4) is 5.75 Å². The number of aryl methyl sites for hydroxylation is 1. The third kappa shape index (κ3) is 5.71. The molecule has 0 fully saturated rings. The van der Waals surface area contributed by atoms with Gasteiger partial charge >= 0.3 is 0 Å². The Bertz CT molecular complexity index is 326. The second-order valence-electron chi connectivity index (χ2n) is 4.42. The Morgan fingerprint density at radius 3 is 2.82 bits per heavy atom. The molecule has 17 heavy (non-hydrogen) atoms. The van der Waals surface area contributed by atoms with Gasteiger partial charge in [-0.3, -0.25) is 0 Å². The number of hydrogen-bond donors (Lipinski definition) is 2. The van der Waals surface area contributed by atoms with Crippen LogP contribution in [0.25, 0.3) is 0 Å². The Labute approximate surface area is 104 Å². The highest BCUT2D eigenvalue weighted by molar-refractivity contribution is 5.26. The molecule has 95 valence electrons. The van der Waals surface area contributed by atoms with Gasteiger partial charge in [-0.25, -0.2) is 0 Å². The zero-order valence-electron chi connectivity index (χ0n) is 10.9. The molecule has 1 aromatic carbocycles. The minimum absolute atomic E-state index is 0.295. The molecule has 0 aromatic heterocycles. The van der Waals surface area contributed by atoms with Gasteiger partial charge in [-0.05, 0) is 18.1 Å². The fraction of sp³-hybridized carbons (Fsp3) is 0.571. The zero-order chi connectivity index (χ0) is 12.7. The SMILES string of the molecule is CCc1[c]c(OCC(O)CNC(C)C)ccc1. The van der Waals surface area contributed by atoms with Crippen molar-refractivity contribution in [3.05, 3.63) is 29.8 Å². The quantitative estimate of drug-likeness (QED) is 0.758. The highest BCUT2D eigenvalue weighted by Crippen LogP contribution is 2.12. The molecule has 1 unspecified atom stereocenters. The lowest BCUT2D eigenvalue weighted by Gasteiger charge is -2.15. The number of hydrogen-bond acceptors (Lipinski definition) is 3. The van der Waals surface area contributed by atoms with E-state index >= 15 is 0 Å². The van der Waals surface area contributed by atoms with E-state index in [0.717, 1.165) is 12.0 Å². The molecule has 3 nitrogen and oxygen atoms in total. The smallest absolute Gasteiger partial charge is 0.127 e. The van der Waals surface area contributed by atoms with E-state index in [2.05, 4.69) is 18.3 Å². The molecule has 2 N–H and O–H groups in total. The molecular formula is C14H22NO2. The van der Waals surface area contributed by atoms with E-state index in [1.807, 2.05) is 32.0 Å². The summed E-state index contributed by atoms with van der Waals surface area (Å²) in [7, 11) is 0. The molecule has 0 spiro atoms. The van der Waals surface area contributed by atoms with Crippen molar-refractivity contribution in [1.29, 1.82) is 0 Å². The van der Waals surface area contributed by atoms with E-state index < -0.39 is 6.10 Å². The minimum Gasteiger partial charge on any atom is -0.490 e. The average Bonchev–Trinajstić information content (AvgIpc) is 2.34. The van der Waals surface area contributed by atoms with Crippen LogP contribution in [0.2, 0.25) is 0 Å². The van der Waals surface area contributed by atoms with Gasteiger partial charge in [0.2, 0.25) is 0 Å². The van der Waals surface area contributed by atoms with Crippen molar-refractivity contribution in [2.75, 3.05) is 13.2 Å². The molecule has 1 rings (SSSR count).